The van der Waals surface area contributed by atoms with Crippen molar-refractivity contribution in [2.75, 3.05) is 13.7 Å². The fourth-order valence-corrected chi connectivity index (χ4v) is 2.92. The lowest BCUT2D eigenvalue weighted by Crippen LogP contribution is -2.33. The van der Waals surface area contributed by atoms with Gasteiger partial charge in [0.1, 0.15) is 5.75 Å². The molecule has 17 heavy (non-hydrogen) atoms. The van der Waals surface area contributed by atoms with E-state index in [9.17, 15) is 0 Å². The predicted molar refractivity (Wildman–Crippen MR) is 68.1 cm³/mol. The van der Waals surface area contributed by atoms with E-state index in [1.807, 2.05) is 6.07 Å². The maximum absolute atomic E-state index is 6.28. The summed E-state index contributed by atoms with van der Waals surface area (Å²) in [4.78, 5) is 2.58. The van der Waals surface area contributed by atoms with Crippen LogP contribution in [-0.2, 0) is 0 Å². The molecule has 3 heteroatoms. The lowest BCUT2D eigenvalue weighted by molar-refractivity contribution is 0.237. The normalized spacial score (nSPS) is 29.5. The summed E-state index contributed by atoms with van der Waals surface area (Å²) in [6.07, 6.45) is 3.79. The van der Waals surface area contributed by atoms with Crippen molar-refractivity contribution < 1.29 is 4.74 Å². The maximum Gasteiger partial charge on any atom is 0.119 e. The summed E-state index contributed by atoms with van der Waals surface area (Å²) < 4.78 is 5.30. The first-order chi connectivity index (χ1) is 8.29. The molecule has 1 aliphatic heterocycles. The minimum Gasteiger partial charge on any atom is -0.497 e. The number of nitrogens with two attached hydrogens (primary N) is 1. The second-order valence-corrected chi connectivity index (χ2v) is 5.14. The zero-order chi connectivity index (χ0) is 11.8. The van der Waals surface area contributed by atoms with Crippen molar-refractivity contribution in [1.82, 2.24) is 4.90 Å². The zero-order valence-electron chi connectivity index (χ0n) is 10.3. The summed E-state index contributed by atoms with van der Waals surface area (Å²) in [6.45, 7) is 1.15. The summed E-state index contributed by atoms with van der Waals surface area (Å²) in [5.41, 5.74) is 7.58. The van der Waals surface area contributed by atoms with E-state index in [1.165, 1.54) is 18.4 Å². The van der Waals surface area contributed by atoms with Crippen LogP contribution in [-0.4, -0.2) is 30.6 Å². The van der Waals surface area contributed by atoms with Gasteiger partial charge >= 0.3 is 0 Å². The summed E-state index contributed by atoms with van der Waals surface area (Å²) in [5, 5.41) is 0. The molecule has 92 valence electrons. The summed E-state index contributed by atoms with van der Waals surface area (Å²) in [6, 6.07) is 9.79. The molecule has 1 aliphatic carbocycles. The molecule has 1 aromatic rings. The van der Waals surface area contributed by atoms with E-state index in [0.29, 0.717) is 6.04 Å². The SMILES string of the molecule is COc1cccc([C@H]2[C@H](N)CCN2C2CC2)c1. The lowest BCUT2D eigenvalue weighted by atomic mass is 10.0. The number of ether oxygens (including phenoxy) is 1. The third kappa shape index (κ3) is 2.05. The molecule has 0 radical (unpaired) electrons. The van der Waals surface area contributed by atoms with E-state index in [0.717, 1.165) is 24.8 Å². The van der Waals surface area contributed by atoms with Crippen molar-refractivity contribution >= 4 is 0 Å². The molecule has 3 rings (SSSR count). The lowest BCUT2D eigenvalue weighted by Gasteiger charge is -2.27. The van der Waals surface area contributed by atoms with Crippen molar-refractivity contribution in [3.63, 3.8) is 0 Å². The van der Waals surface area contributed by atoms with Crippen LogP contribution in [0.1, 0.15) is 30.9 Å². The third-order valence-corrected chi connectivity index (χ3v) is 3.93. The molecule has 1 saturated heterocycles. The van der Waals surface area contributed by atoms with Gasteiger partial charge in [-0.2, -0.15) is 0 Å². The van der Waals surface area contributed by atoms with Gasteiger partial charge in [-0.3, -0.25) is 4.90 Å². The molecule has 0 aromatic heterocycles. The van der Waals surface area contributed by atoms with E-state index in [2.05, 4.69) is 23.1 Å². The predicted octanol–water partition coefficient (Wildman–Crippen LogP) is 1.93. The van der Waals surface area contributed by atoms with E-state index in [4.69, 9.17) is 10.5 Å². The second-order valence-electron chi connectivity index (χ2n) is 5.14. The van der Waals surface area contributed by atoms with E-state index in [-0.39, 0.29) is 6.04 Å². The van der Waals surface area contributed by atoms with Gasteiger partial charge in [-0.15, -0.1) is 0 Å². The van der Waals surface area contributed by atoms with Gasteiger partial charge in [0.15, 0.2) is 0 Å². The highest BCUT2D eigenvalue weighted by molar-refractivity contribution is 5.32. The van der Waals surface area contributed by atoms with Gasteiger partial charge in [0.05, 0.1) is 13.2 Å². The molecule has 3 nitrogen and oxygen atoms in total. The summed E-state index contributed by atoms with van der Waals surface area (Å²) >= 11 is 0. The Hall–Kier alpha value is -1.06. The quantitative estimate of drug-likeness (QED) is 0.865. The Balaban J connectivity index is 1.88. The number of methoxy groups -OCH3 is 1. The van der Waals surface area contributed by atoms with Gasteiger partial charge in [0.2, 0.25) is 0 Å². The number of hydrogen-bond donors (Lipinski definition) is 1. The largest absolute Gasteiger partial charge is 0.497 e. The van der Waals surface area contributed by atoms with Crippen LogP contribution in [0.4, 0.5) is 0 Å². The van der Waals surface area contributed by atoms with Gasteiger partial charge < -0.3 is 10.5 Å². The first-order valence-corrected chi connectivity index (χ1v) is 6.45. The molecule has 1 aromatic carbocycles. The molecule has 1 heterocycles. The van der Waals surface area contributed by atoms with Gasteiger partial charge in [-0.05, 0) is 37.0 Å². The van der Waals surface area contributed by atoms with Crippen LogP contribution in [0.25, 0.3) is 0 Å². The van der Waals surface area contributed by atoms with Gasteiger partial charge in [0.25, 0.3) is 0 Å². The number of benzene rings is 1. The molecule has 2 atom stereocenters. The molecular weight excluding hydrogens is 212 g/mol. The Bertz CT molecular complexity index is 403. The average molecular weight is 232 g/mol. The standard InChI is InChI=1S/C14H20N2O/c1-17-12-4-2-3-10(9-12)14-13(15)7-8-16(14)11-5-6-11/h2-4,9,11,13-14H,5-8,15H2,1H3/t13-,14+/m1/s1. The Labute approximate surface area is 103 Å². The Morgan fingerprint density at radius 2 is 2.12 bits per heavy atom. The fourth-order valence-electron chi connectivity index (χ4n) is 2.92. The minimum absolute atomic E-state index is 0.266. The summed E-state index contributed by atoms with van der Waals surface area (Å²) in [5.74, 6) is 0.928. The van der Waals surface area contributed by atoms with Crippen LogP contribution in [0.15, 0.2) is 24.3 Å². The van der Waals surface area contributed by atoms with Gasteiger partial charge in [-0.25, -0.2) is 0 Å². The van der Waals surface area contributed by atoms with Crippen molar-refractivity contribution in [1.29, 1.82) is 0 Å². The number of hydrogen-bond acceptors (Lipinski definition) is 3. The average Bonchev–Trinajstić information content (AvgIpc) is 3.13. The highest BCUT2D eigenvalue weighted by Crippen LogP contribution is 2.40. The fraction of sp³-hybridized carbons (Fsp3) is 0.571. The minimum atomic E-state index is 0.266. The molecule has 2 aliphatic rings. The smallest absolute Gasteiger partial charge is 0.119 e. The first-order valence-electron chi connectivity index (χ1n) is 6.45. The third-order valence-electron chi connectivity index (χ3n) is 3.93. The second kappa shape index (κ2) is 4.31. The van der Waals surface area contributed by atoms with Crippen LogP contribution in [0, 0.1) is 0 Å². The molecule has 2 fully saturated rings. The molecule has 0 amide bonds. The number of nitrogens with zero attached hydrogens (tertiary/aromatic N) is 1. The van der Waals surface area contributed by atoms with E-state index >= 15 is 0 Å². The molecule has 0 spiro atoms. The van der Waals surface area contributed by atoms with Gasteiger partial charge in [-0.1, -0.05) is 12.1 Å². The highest BCUT2D eigenvalue weighted by Gasteiger charge is 2.41. The van der Waals surface area contributed by atoms with Crippen LogP contribution in [0.5, 0.6) is 5.75 Å². The van der Waals surface area contributed by atoms with Crippen LogP contribution >= 0.6 is 0 Å². The van der Waals surface area contributed by atoms with E-state index < -0.39 is 0 Å². The van der Waals surface area contributed by atoms with Gasteiger partial charge in [0, 0.05) is 18.6 Å². The molecule has 0 unspecified atom stereocenters. The zero-order valence-corrected chi connectivity index (χ0v) is 10.3. The first kappa shape index (κ1) is 11.1. The molecule has 0 bridgehead atoms. The highest BCUT2D eigenvalue weighted by atomic mass is 16.5. The molecular formula is C14H20N2O. The molecule has 2 N–H and O–H groups in total. The van der Waals surface area contributed by atoms with Crippen molar-refractivity contribution in [3.8, 4) is 5.75 Å². The maximum atomic E-state index is 6.28. The Morgan fingerprint density at radius 3 is 2.82 bits per heavy atom. The van der Waals surface area contributed by atoms with Crippen LogP contribution < -0.4 is 10.5 Å². The topological polar surface area (TPSA) is 38.5 Å². The van der Waals surface area contributed by atoms with Crippen LogP contribution in [0.2, 0.25) is 0 Å². The van der Waals surface area contributed by atoms with Crippen molar-refractivity contribution in [3.05, 3.63) is 29.8 Å². The van der Waals surface area contributed by atoms with Crippen molar-refractivity contribution in [2.24, 2.45) is 5.73 Å². The molecule has 1 saturated carbocycles. The Morgan fingerprint density at radius 1 is 1.29 bits per heavy atom. The monoisotopic (exact) mass is 232 g/mol. The van der Waals surface area contributed by atoms with Crippen LogP contribution in [0.3, 0.4) is 0 Å². The Kier molecular flexibility index (Phi) is 2.81. The summed E-state index contributed by atoms with van der Waals surface area (Å²) in [7, 11) is 1.71. The number of rotatable bonds is 3. The van der Waals surface area contributed by atoms with E-state index in [1.54, 1.807) is 7.11 Å². The number of likely N-dealkylation sites (tertiary alicyclic amines) is 1. The van der Waals surface area contributed by atoms with Crippen molar-refractivity contribution in [2.45, 2.75) is 37.4 Å².